The third-order valence-corrected chi connectivity index (χ3v) is 10.9. The maximum Gasteiger partial charge on any atom is 0.159 e. The van der Waals surface area contributed by atoms with E-state index >= 15 is 0 Å². The minimum Gasteiger partial charge on any atom is -0.313 e. The van der Waals surface area contributed by atoms with Crippen molar-refractivity contribution in [1.29, 1.82) is 0 Å². The Labute approximate surface area is 301 Å². The molecule has 52 heavy (non-hydrogen) atoms. The topological polar surface area (TPSA) is 35.6 Å². The molecule has 6 aromatic carbocycles. The van der Waals surface area contributed by atoms with Gasteiger partial charge in [0.2, 0.25) is 0 Å². The van der Waals surface area contributed by atoms with E-state index in [0.29, 0.717) is 11.7 Å². The number of hydrogen-bond donors (Lipinski definition) is 0. The fraction of sp³-hybridized carbons (Fsp3) is 0.0417. The second-order valence-electron chi connectivity index (χ2n) is 13.8. The Bertz CT molecular complexity index is 2960. The number of fused-ring (bicyclic) bond motifs is 10. The van der Waals surface area contributed by atoms with Crippen LogP contribution in [0.1, 0.15) is 11.3 Å². The van der Waals surface area contributed by atoms with Gasteiger partial charge in [-0.15, -0.1) is 0 Å². The van der Waals surface area contributed by atoms with Crippen LogP contribution in [0.25, 0.3) is 83.6 Å². The SMILES string of the molecule is C1=CC2=Cc3c(n(-c4ccccc4)c4ccc5c(c34)c3c4ccccc4ccc3n5-c3cnc(-c4ccccc4)nc3-c3ccccc3)CC2C=C1. The fourth-order valence-corrected chi connectivity index (χ4v) is 8.61. The number of hydrogen-bond acceptors (Lipinski definition) is 2. The standard InChI is InChI=1S/C48H32N4/c1-4-15-32(16-5-1)47-43(30-49-48(50-47)33-17-6-2-7-18-33)52-40-25-24-31-14-12-13-23-37(31)44(40)46-41(52)27-26-39-45(46)38-28-34-19-10-11-20-35(34)29-42(38)51(39)36-21-8-3-9-22-36/h1-28,30,35H,29H2. The van der Waals surface area contributed by atoms with Crippen LogP contribution in [-0.2, 0) is 6.42 Å². The van der Waals surface area contributed by atoms with Crippen molar-refractivity contribution in [2.24, 2.45) is 5.92 Å². The van der Waals surface area contributed by atoms with E-state index in [2.05, 4.69) is 161 Å². The summed E-state index contributed by atoms with van der Waals surface area (Å²) in [5.74, 6) is 1.07. The first-order valence-electron chi connectivity index (χ1n) is 17.9. The molecule has 0 fully saturated rings. The Balaban J connectivity index is 1.31. The third kappa shape index (κ3) is 4.28. The van der Waals surface area contributed by atoms with Crippen LogP contribution in [0.4, 0.5) is 0 Å². The predicted octanol–water partition coefficient (Wildman–Crippen LogP) is 11.7. The lowest BCUT2D eigenvalue weighted by Crippen LogP contribution is -2.14. The first-order valence-corrected chi connectivity index (χ1v) is 17.9. The summed E-state index contributed by atoms with van der Waals surface area (Å²) in [4.78, 5) is 10.3. The van der Waals surface area contributed by atoms with Gasteiger partial charge >= 0.3 is 0 Å². The summed E-state index contributed by atoms with van der Waals surface area (Å²) in [5, 5.41) is 6.25. The van der Waals surface area contributed by atoms with Gasteiger partial charge in [0.05, 0.1) is 34.1 Å². The van der Waals surface area contributed by atoms with E-state index < -0.39 is 0 Å². The zero-order valence-electron chi connectivity index (χ0n) is 28.3. The van der Waals surface area contributed by atoms with E-state index in [-0.39, 0.29) is 0 Å². The van der Waals surface area contributed by atoms with Gasteiger partial charge in [-0.2, -0.15) is 0 Å². The molecule has 0 saturated heterocycles. The van der Waals surface area contributed by atoms with Gasteiger partial charge in [-0.25, -0.2) is 9.97 Å². The van der Waals surface area contributed by atoms with Crippen LogP contribution in [0.5, 0.6) is 0 Å². The molecule has 1 atom stereocenters. The van der Waals surface area contributed by atoms with Crippen molar-refractivity contribution >= 4 is 49.6 Å². The Hall–Kier alpha value is -6.78. The molecular weight excluding hydrogens is 633 g/mol. The van der Waals surface area contributed by atoms with Crippen molar-refractivity contribution in [2.45, 2.75) is 6.42 Å². The molecule has 244 valence electrons. The second-order valence-corrected chi connectivity index (χ2v) is 13.8. The van der Waals surface area contributed by atoms with Crippen LogP contribution in [0.3, 0.4) is 0 Å². The highest BCUT2D eigenvalue weighted by molar-refractivity contribution is 6.30. The molecule has 3 aromatic heterocycles. The number of para-hydroxylation sites is 1. The molecule has 0 N–H and O–H groups in total. The first-order chi connectivity index (χ1) is 25.8. The van der Waals surface area contributed by atoms with Gasteiger partial charge in [0.15, 0.2) is 5.82 Å². The van der Waals surface area contributed by atoms with E-state index in [1.807, 2.05) is 24.4 Å². The molecule has 3 heterocycles. The minimum absolute atomic E-state index is 0.357. The Kier molecular flexibility index (Phi) is 6.34. The molecule has 0 amide bonds. The molecule has 2 aliphatic carbocycles. The van der Waals surface area contributed by atoms with Crippen LogP contribution in [0, 0.1) is 5.92 Å². The molecule has 0 bridgehead atoms. The van der Waals surface area contributed by atoms with Gasteiger partial charge in [-0.1, -0.05) is 133 Å². The van der Waals surface area contributed by atoms with E-state index in [0.717, 1.165) is 40.0 Å². The molecule has 4 nitrogen and oxygen atoms in total. The molecule has 4 heteroatoms. The zero-order valence-corrected chi connectivity index (χ0v) is 28.3. The minimum atomic E-state index is 0.357. The average Bonchev–Trinajstić information content (AvgIpc) is 3.73. The van der Waals surface area contributed by atoms with E-state index in [1.54, 1.807) is 0 Å². The molecule has 0 spiro atoms. The number of benzene rings is 6. The molecular formula is C48H32N4. The van der Waals surface area contributed by atoms with Crippen molar-refractivity contribution < 1.29 is 0 Å². The Morgan fingerprint density at radius 2 is 1.25 bits per heavy atom. The lowest BCUT2D eigenvalue weighted by molar-refractivity contribution is 0.726. The second kappa shape index (κ2) is 11.4. The highest BCUT2D eigenvalue weighted by atomic mass is 15.0. The van der Waals surface area contributed by atoms with Crippen LogP contribution in [-0.4, -0.2) is 19.1 Å². The third-order valence-electron chi connectivity index (χ3n) is 10.9. The highest BCUT2D eigenvalue weighted by Gasteiger charge is 2.29. The van der Waals surface area contributed by atoms with E-state index in [4.69, 9.17) is 9.97 Å². The van der Waals surface area contributed by atoms with Crippen LogP contribution in [0.2, 0.25) is 0 Å². The van der Waals surface area contributed by atoms with Crippen molar-refractivity contribution in [3.05, 3.63) is 187 Å². The van der Waals surface area contributed by atoms with E-state index in [1.165, 1.54) is 55.0 Å². The molecule has 2 aliphatic rings. The summed E-state index contributed by atoms with van der Waals surface area (Å²) in [5.41, 5.74) is 12.6. The Morgan fingerprint density at radius 1 is 0.577 bits per heavy atom. The van der Waals surface area contributed by atoms with Crippen molar-refractivity contribution in [2.75, 3.05) is 0 Å². The van der Waals surface area contributed by atoms with Gasteiger partial charge in [0.1, 0.15) is 0 Å². The van der Waals surface area contributed by atoms with Crippen LogP contribution < -0.4 is 0 Å². The molecule has 11 rings (SSSR count). The maximum absolute atomic E-state index is 5.31. The average molecular weight is 665 g/mol. The highest BCUT2D eigenvalue weighted by Crippen LogP contribution is 2.47. The van der Waals surface area contributed by atoms with Gasteiger partial charge in [0, 0.05) is 50.1 Å². The summed E-state index contributed by atoms with van der Waals surface area (Å²) in [6.07, 6.45) is 14.4. The van der Waals surface area contributed by atoms with Gasteiger partial charge in [0.25, 0.3) is 0 Å². The normalized spacial score (nSPS) is 15.0. The summed E-state index contributed by atoms with van der Waals surface area (Å²) in [7, 11) is 0. The molecule has 0 saturated carbocycles. The first kappa shape index (κ1) is 29.0. The van der Waals surface area contributed by atoms with Gasteiger partial charge in [-0.05, 0) is 59.2 Å². The van der Waals surface area contributed by atoms with Crippen molar-refractivity contribution in [1.82, 2.24) is 19.1 Å². The molecule has 1 unspecified atom stereocenters. The lowest BCUT2D eigenvalue weighted by Gasteiger charge is -2.23. The zero-order chi connectivity index (χ0) is 34.2. The van der Waals surface area contributed by atoms with Crippen LogP contribution in [0.15, 0.2) is 176 Å². The number of rotatable bonds is 4. The number of allylic oxidation sites excluding steroid dienone is 5. The fourth-order valence-electron chi connectivity index (χ4n) is 8.61. The Morgan fingerprint density at radius 3 is 2.06 bits per heavy atom. The molecule has 0 aliphatic heterocycles. The quantitative estimate of drug-likeness (QED) is 0.188. The van der Waals surface area contributed by atoms with Gasteiger partial charge < -0.3 is 9.13 Å². The van der Waals surface area contributed by atoms with Crippen LogP contribution >= 0.6 is 0 Å². The maximum atomic E-state index is 5.31. The smallest absolute Gasteiger partial charge is 0.159 e. The summed E-state index contributed by atoms with van der Waals surface area (Å²) in [6, 6.07) is 49.6. The molecule has 0 radical (unpaired) electrons. The number of aromatic nitrogens is 4. The van der Waals surface area contributed by atoms with Crippen molar-refractivity contribution in [3.8, 4) is 34.0 Å². The van der Waals surface area contributed by atoms with Gasteiger partial charge in [-0.3, -0.25) is 0 Å². The largest absolute Gasteiger partial charge is 0.313 e. The predicted molar refractivity (Wildman–Crippen MR) is 215 cm³/mol. The molecule has 9 aromatic rings. The summed E-state index contributed by atoms with van der Waals surface area (Å²) < 4.78 is 4.91. The summed E-state index contributed by atoms with van der Waals surface area (Å²) in [6.45, 7) is 0. The number of nitrogens with zero attached hydrogens (tertiary/aromatic N) is 4. The summed E-state index contributed by atoms with van der Waals surface area (Å²) >= 11 is 0. The van der Waals surface area contributed by atoms with E-state index in [9.17, 15) is 0 Å². The monoisotopic (exact) mass is 664 g/mol. The van der Waals surface area contributed by atoms with Crippen molar-refractivity contribution in [3.63, 3.8) is 0 Å². The lowest BCUT2D eigenvalue weighted by atomic mass is 9.83.